The van der Waals surface area contributed by atoms with E-state index in [1.54, 1.807) is 33.2 Å². The third-order valence-electron chi connectivity index (χ3n) is 5.66. The number of thiazole rings is 1. The lowest BCUT2D eigenvalue weighted by molar-refractivity contribution is -0.126. The first-order valence-electron chi connectivity index (χ1n) is 11.8. The molecule has 0 spiro atoms. The minimum absolute atomic E-state index is 0.119. The minimum atomic E-state index is 0.119. The van der Waals surface area contributed by atoms with Crippen LogP contribution in [0.25, 0.3) is 32.2 Å². The molecule has 2 aromatic carbocycles. The standard InChI is InChI=1S/C19H14N6OS.C5H9NO.C2H6/c1-25-8-12(7-23-25)11-4-15-18(16(26)5-11)19(21-9-20-15)24-13-2-3-14-17(6-13)27-10-22-14;1-6-4-2-3-5(6)7;1-2/h2-10,26H,1H3,(H,20,21,24);2-4H2,1H3;1-2H3. The zero-order chi connectivity index (χ0) is 25.7. The van der Waals surface area contributed by atoms with Gasteiger partial charge in [0.05, 0.1) is 32.8 Å². The number of likely N-dealkylation sites (tertiary alicyclic amines) is 1. The Labute approximate surface area is 213 Å². The summed E-state index contributed by atoms with van der Waals surface area (Å²) in [6, 6.07) is 9.54. The zero-order valence-electron chi connectivity index (χ0n) is 20.8. The largest absolute Gasteiger partial charge is 0.507 e. The monoisotopic (exact) mass is 503 g/mol. The highest BCUT2D eigenvalue weighted by Gasteiger charge is 2.14. The van der Waals surface area contributed by atoms with Gasteiger partial charge in [-0.1, -0.05) is 13.8 Å². The van der Waals surface area contributed by atoms with Crippen molar-refractivity contribution in [2.75, 3.05) is 18.9 Å². The topological polar surface area (TPSA) is 109 Å². The fraction of sp³-hybridized carbons (Fsp3) is 0.269. The maximum atomic E-state index is 10.7. The first kappa shape index (κ1) is 25.1. The minimum Gasteiger partial charge on any atom is -0.507 e. The van der Waals surface area contributed by atoms with Crippen LogP contribution in [0.15, 0.2) is 54.6 Å². The molecule has 1 fully saturated rings. The molecule has 36 heavy (non-hydrogen) atoms. The number of hydrogen-bond acceptors (Lipinski definition) is 8. The van der Waals surface area contributed by atoms with E-state index in [9.17, 15) is 9.90 Å². The van der Waals surface area contributed by atoms with Crippen LogP contribution in [0.5, 0.6) is 5.75 Å². The summed E-state index contributed by atoms with van der Waals surface area (Å²) in [7, 11) is 3.70. The molecule has 9 nitrogen and oxygen atoms in total. The maximum Gasteiger partial charge on any atom is 0.222 e. The maximum absolute atomic E-state index is 10.7. The van der Waals surface area contributed by atoms with E-state index < -0.39 is 0 Å². The van der Waals surface area contributed by atoms with Crippen LogP contribution in [-0.4, -0.2) is 54.2 Å². The Hall–Kier alpha value is -4.05. The number of nitrogens with one attached hydrogen (secondary N) is 1. The molecule has 1 saturated heterocycles. The van der Waals surface area contributed by atoms with Crippen LogP contribution < -0.4 is 5.32 Å². The number of benzene rings is 2. The molecule has 5 aromatic rings. The van der Waals surface area contributed by atoms with Gasteiger partial charge in [0, 0.05) is 44.5 Å². The van der Waals surface area contributed by atoms with Gasteiger partial charge >= 0.3 is 0 Å². The lowest BCUT2D eigenvalue weighted by Gasteiger charge is -2.11. The van der Waals surface area contributed by atoms with Crippen molar-refractivity contribution < 1.29 is 9.90 Å². The average molecular weight is 504 g/mol. The second-order valence-corrected chi connectivity index (χ2v) is 8.98. The van der Waals surface area contributed by atoms with Gasteiger partial charge in [-0.15, -0.1) is 11.3 Å². The van der Waals surface area contributed by atoms with Crippen LogP contribution in [0.2, 0.25) is 0 Å². The van der Waals surface area contributed by atoms with E-state index in [2.05, 4.69) is 25.4 Å². The number of rotatable bonds is 3. The number of amides is 1. The first-order valence-corrected chi connectivity index (χ1v) is 12.7. The Morgan fingerprint density at radius 2 is 1.86 bits per heavy atom. The summed E-state index contributed by atoms with van der Waals surface area (Å²) in [4.78, 5) is 25.2. The van der Waals surface area contributed by atoms with Crippen molar-refractivity contribution in [2.45, 2.75) is 26.7 Å². The van der Waals surface area contributed by atoms with Crippen molar-refractivity contribution in [3.8, 4) is 16.9 Å². The SMILES string of the molecule is CC.CN1CCCC1=O.Cn1cc(-c2cc(O)c3c(Nc4ccc5ncsc5c4)ncnc3c2)cn1. The second-order valence-electron chi connectivity index (χ2n) is 8.09. The van der Waals surface area contributed by atoms with Crippen LogP contribution >= 0.6 is 11.3 Å². The number of fused-ring (bicyclic) bond motifs is 2. The van der Waals surface area contributed by atoms with Crippen molar-refractivity contribution >= 4 is 49.9 Å². The molecule has 0 unspecified atom stereocenters. The Balaban J connectivity index is 0.000000290. The van der Waals surface area contributed by atoms with Crippen LogP contribution in [0.4, 0.5) is 11.5 Å². The van der Waals surface area contributed by atoms with Gasteiger partial charge in [0.2, 0.25) is 5.91 Å². The van der Waals surface area contributed by atoms with E-state index in [-0.39, 0.29) is 5.75 Å². The Bertz CT molecular complexity index is 1490. The zero-order valence-corrected chi connectivity index (χ0v) is 21.6. The number of aromatic hydroxyl groups is 1. The molecular weight excluding hydrogens is 474 g/mol. The van der Waals surface area contributed by atoms with Crippen molar-refractivity contribution in [3.63, 3.8) is 0 Å². The number of aryl methyl sites for hydroxylation is 1. The Morgan fingerprint density at radius 1 is 1.03 bits per heavy atom. The number of phenolic OH excluding ortho intramolecular Hbond substituents is 1. The van der Waals surface area contributed by atoms with Gasteiger partial charge in [-0.3, -0.25) is 9.48 Å². The molecule has 2 N–H and O–H groups in total. The molecule has 1 amide bonds. The normalized spacial score (nSPS) is 12.8. The van der Waals surface area contributed by atoms with E-state index >= 15 is 0 Å². The predicted octanol–water partition coefficient (Wildman–Crippen LogP) is 5.35. The van der Waals surface area contributed by atoms with E-state index in [4.69, 9.17) is 0 Å². The molecular formula is C26H29N7O2S. The van der Waals surface area contributed by atoms with Crippen LogP contribution in [-0.2, 0) is 11.8 Å². The highest BCUT2D eigenvalue weighted by molar-refractivity contribution is 7.16. The summed E-state index contributed by atoms with van der Waals surface area (Å²) in [5.41, 5.74) is 6.08. The molecule has 186 valence electrons. The van der Waals surface area contributed by atoms with E-state index in [0.717, 1.165) is 46.4 Å². The van der Waals surface area contributed by atoms with E-state index in [1.165, 1.54) is 6.33 Å². The predicted molar refractivity (Wildman–Crippen MR) is 145 cm³/mol. The molecule has 0 bridgehead atoms. The number of carbonyl (C=O) groups is 1. The highest BCUT2D eigenvalue weighted by Crippen LogP contribution is 2.35. The lowest BCUT2D eigenvalue weighted by atomic mass is 10.1. The Kier molecular flexibility index (Phi) is 7.74. The lowest BCUT2D eigenvalue weighted by Crippen LogP contribution is -2.17. The molecule has 0 radical (unpaired) electrons. The number of carbonyl (C=O) groups excluding carboxylic acids is 1. The van der Waals surface area contributed by atoms with E-state index in [1.807, 2.05) is 63.9 Å². The number of aromatic nitrogens is 5. The quantitative estimate of drug-likeness (QED) is 0.341. The summed E-state index contributed by atoms with van der Waals surface area (Å²) < 4.78 is 2.81. The van der Waals surface area contributed by atoms with Gasteiger partial charge < -0.3 is 15.3 Å². The summed E-state index contributed by atoms with van der Waals surface area (Å²) in [5, 5.41) is 18.7. The number of hydrogen-bond donors (Lipinski definition) is 2. The van der Waals surface area contributed by atoms with Crippen LogP contribution in [0.3, 0.4) is 0 Å². The molecule has 0 atom stereocenters. The van der Waals surface area contributed by atoms with E-state index in [0.29, 0.717) is 22.6 Å². The van der Waals surface area contributed by atoms with Crippen LogP contribution in [0.1, 0.15) is 26.7 Å². The fourth-order valence-electron chi connectivity index (χ4n) is 3.85. The highest BCUT2D eigenvalue weighted by atomic mass is 32.1. The van der Waals surface area contributed by atoms with Gasteiger partial charge in [0.1, 0.15) is 17.9 Å². The fourth-order valence-corrected chi connectivity index (χ4v) is 4.57. The smallest absolute Gasteiger partial charge is 0.222 e. The average Bonchev–Trinajstić information content (AvgIpc) is 3.62. The molecule has 1 aliphatic rings. The van der Waals surface area contributed by atoms with Crippen LogP contribution in [0, 0.1) is 0 Å². The summed E-state index contributed by atoms with van der Waals surface area (Å²) in [5.74, 6) is 0.965. The summed E-state index contributed by atoms with van der Waals surface area (Å²) in [6.45, 7) is 4.96. The summed E-state index contributed by atoms with van der Waals surface area (Å²) >= 11 is 1.58. The number of nitrogens with zero attached hydrogens (tertiary/aromatic N) is 6. The third-order valence-corrected chi connectivity index (χ3v) is 6.45. The molecule has 1 aliphatic heterocycles. The van der Waals surface area contributed by atoms with Crippen molar-refractivity contribution in [1.82, 2.24) is 29.6 Å². The third kappa shape index (κ3) is 5.44. The Morgan fingerprint density at radius 3 is 2.53 bits per heavy atom. The van der Waals surface area contributed by atoms with Crippen molar-refractivity contribution in [2.24, 2.45) is 7.05 Å². The molecule has 10 heteroatoms. The molecule has 6 rings (SSSR count). The van der Waals surface area contributed by atoms with Gasteiger partial charge in [-0.2, -0.15) is 5.10 Å². The van der Waals surface area contributed by atoms with Crippen molar-refractivity contribution in [1.29, 1.82) is 0 Å². The van der Waals surface area contributed by atoms with Crippen molar-refractivity contribution in [3.05, 3.63) is 54.6 Å². The summed E-state index contributed by atoms with van der Waals surface area (Å²) in [6.07, 6.45) is 6.95. The van der Waals surface area contributed by atoms with Gasteiger partial charge in [0.15, 0.2) is 0 Å². The van der Waals surface area contributed by atoms with Gasteiger partial charge in [0.25, 0.3) is 0 Å². The molecule has 4 heterocycles. The number of anilines is 2. The second kappa shape index (κ2) is 11.1. The van der Waals surface area contributed by atoms with Gasteiger partial charge in [-0.25, -0.2) is 15.0 Å². The van der Waals surface area contributed by atoms with Gasteiger partial charge in [-0.05, 0) is 42.3 Å². The number of phenols is 1. The molecule has 0 aliphatic carbocycles. The first-order chi connectivity index (χ1) is 17.5. The molecule has 3 aromatic heterocycles. The molecule has 0 saturated carbocycles.